The van der Waals surface area contributed by atoms with E-state index in [-0.39, 0.29) is 18.3 Å². The van der Waals surface area contributed by atoms with Gasteiger partial charge in [-0.05, 0) is 42.5 Å². The summed E-state index contributed by atoms with van der Waals surface area (Å²) in [4.78, 5) is 12.3. The highest BCUT2D eigenvalue weighted by Gasteiger charge is 2.13. The third kappa shape index (κ3) is 5.60. The number of carbonyl (C=O) groups excluding carboxylic acids is 1. The predicted molar refractivity (Wildman–Crippen MR) is 114 cm³/mol. The van der Waals surface area contributed by atoms with Gasteiger partial charge in [-0.25, -0.2) is 0 Å². The number of nitrogens with one attached hydrogen (secondary N) is 1. The summed E-state index contributed by atoms with van der Waals surface area (Å²) in [6.45, 7) is 8.37. The van der Waals surface area contributed by atoms with E-state index in [0.29, 0.717) is 17.0 Å². The minimum Gasteiger partial charge on any atom is -0.483 e. The third-order valence-electron chi connectivity index (χ3n) is 4.38. The Morgan fingerprint density at radius 1 is 1.10 bits per heavy atom. The first-order chi connectivity index (χ1) is 13.9. The molecule has 0 spiro atoms. The lowest BCUT2D eigenvalue weighted by Gasteiger charge is -2.13. The molecule has 6 nitrogen and oxygen atoms in total. The van der Waals surface area contributed by atoms with Crippen LogP contribution in [0.3, 0.4) is 0 Å². The Bertz CT molecular complexity index is 965. The molecular weight excluding hydrogens is 386 g/mol. The lowest BCUT2D eigenvalue weighted by Crippen LogP contribution is -2.15. The second kappa shape index (κ2) is 9.60. The Kier molecular flexibility index (Phi) is 6.93. The van der Waals surface area contributed by atoms with Crippen LogP contribution in [0.2, 0.25) is 0 Å². The van der Waals surface area contributed by atoms with Gasteiger partial charge in [0.1, 0.15) is 5.75 Å². The van der Waals surface area contributed by atoms with Crippen molar-refractivity contribution in [3.8, 4) is 5.75 Å². The average molecular weight is 412 g/mol. The lowest BCUT2D eigenvalue weighted by atomic mass is 10.0. The van der Waals surface area contributed by atoms with Crippen molar-refractivity contribution in [2.24, 2.45) is 0 Å². The van der Waals surface area contributed by atoms with E-state index in [0.717, 1.165) is 28.1 Å². The van der Waals surface area contributed by atoms with Gasteiger partial charge in [-0.15, -0.1) is 10.2 Å². The molecule has 0 bridgehead atoms. The normalized spacial score (nSPS) is 10.9. The van der Waals surface area contributed by atoms with Crippen molar-refractivity contribution in [2.75, 3.05) is 11.1 Å². The van der Waals surface area contributed by atoms with Crippen LogP contribution < -0.4 is 10.1 Å². The van der Waals surface area contributed by atoms with Gasteiger partial charge in [0.2, 0.25) is 5.91 Å². The van der Waals surface area contributed by atoms with E-state index in [1.807, 2.05) is 56.3 Å². The minimum absolute atomic E-state index is 0.116. The summed E-state index contributed by atoms with van der Waals surface area (Å²) in [6.07, 6.45) is 0. The van der Waals surface area contributed by atoms with Crippen LogP contribution in [0.5, 0.6) is 5.75 Å². The van der Waals surface area contributed by atoms with Crippen LogP contribution in [-0.2, 0) is 11.4 Å². The molecular formula is C22H25N3O3S. The van der Waals surface area contributed by atoms with Crippen molar-refractivity contribution < 1.29 is 13.9 Å². The fraction of sp³-hybridized carbons (Fsp3) is 0.318. The van der Waals surface area contributed by atoms with E-state index in [9.17, 15) is 4.79 Å². The van der Waals surface area contributed by atoms with Gasteiger partial charge in [0.25, 0.3) is 11.1 Å². The molecule has 0 saturated heterocycles. The van der Waals surface area contributed by atoms with Crippen molar-refractivity contribution in [3.05, 3.63) is 65.0 Å². The Hall–Kier alpha value is -2.80. The quantitative estimate of drug-likeness (QED) is 0.519. The lowest BCUT2D eigenvalue weighted by molar-refractivity contribution is -0.113. The molecule has 0 atom stereocenters. The average Bonchev–Trinajstić information content (AvgIpc) is 3.14. The summed E-state index contributed by atoms with van der Waals surface area (Å²) < 4.78 is 11.4. The highest BCUT2D eigenvalue weighted by Crippen LogP contribution is 2.25. The molecule has 3 aromatic rings. The molecule has 1 heterocycles. The number of rotatable bonds is 8. The second-order valence-electron chi connectivity index (χ2n) is 7.05. The zero-order valence-corrected chi connectivity index (χ0v) is 17.9. The Morgan fingerprint density at radius 3 is 2.55 bits per heavy atom. The highest BCUT2D eigenvalue weighted by atomic mass is 32.2. The fourth-order valence-electron chi connectivity index (χ4n) is 2.94. The van der Waals surface area contributed by atoms with Crippen molar-refractivity contribution in [3.63, 3.8) is 0 Å². The fourth-order valence-corrected chi connectivity index (χ4v) is 3.52. The van der Waals surface area contributed by atoms with Gasteiger partial charge in [0.15, 0.2) is 6.61 Å². The monoisotopic (exact) mass is 411 g/mol. The van der Waals surface area contributed by atoms with Gasteiger partial charge in [-0.1, -0.05) is 62.0 Å². The summed E-state index contributed by atoms with van der Waals surface area (Å²) in [5, 5.41) is 11.3. The smallest absolute Gasteiger partial charge is 0.277 e. The first-order valence-corrected chi connectivity index (χ1v) is 10.5. The van der Waals surface area contributed by atoms with Crippen LogP contribution in [0.1, 0.15) is 42.3 Å². The molecule has 0 fully saturated rings. The molecule has 0 radical (unpaired) electrons. The molecule has 7 heteroatoms. The number of aryl methyl sites for hydroxylation is 2. The van der Waals surface area contributed by atoms with Crippen LogP contribution in [0.4, 0.5) is 5.69 Å². The molecule has 1 amide bonds. The number of carbonyl (C=O) groups is 1. The molecule has 0 aliphatic heterocycles. The number of para-hydroxylation sites is 2. The number of amides is 1. The number of aromatic nitrogens is 2. The second-order valence-corrected chi connectivity index (χ2v) is 7.98. The van der Waals surface area contributed by atoms with Crippen molar-refractivity contribution in [2.45, 2.75) is 45.4 Å². The number of benzene rings is 2. The summed E-state index contributed by atoms with van der Waals surface area (Å²) >= 11 is 1.20. The number of hydrogen-bond acceptors (Lipinski definition) is 6. The van der Waals surface area contributed by atoms with Gasteiger partial charge >= 0.3 is 0 Å². The SMILES string of the molecule is Cc1cccc(C)c1OCc1nnc(SCC(=O)Nc2ccccc2C(C)C)o1. The van der Waals surface area contributed by atoms with E-state index in [4.69, 9.17) is 9.15 Å². The summed E-state index contributed by atoms with van der Waals surface area (Å²) in [7, 11) is 0. The molecule has 1 N–H and O–H groups in total. The maximum absolute atomic E-state index is 12.3. The van der Waals surface area contributed by atoms with Gasteiger partial charge in [-0.2, -0.15) is 0 Å². The number of nitrogens with zero attached hydrogens (tertiary/aromatic N) is 2. The molecule has 3 rings (SSSR count). The number of ether oxygens (including phenoxy) is 1. The van der Waals surface area contributed by atoms with Crippen LogP contribution in [-0.4, -0.2) is 21.9 Å². The molecule has 1 aromatic heterocycles. The van der Waals surface area contributed by atoms with E-state index < -0.39 is 0 Å². The van der Waals surface area contributed by atoms with Crippen LogP contribution in [0, 0.1) is 13.8 Å². The van der Waals surface area contributed by atoms with E-state index in [1.165, 1.54) is 11.8 Å². The summed E-state index contributed by atoms with van der Waals surface area (Å²) in [6, 6.07) is 13.8. The summed E-state index contributed by atoms with van der Waals surface area (Å²) in [5.41, 5.74) is 4.05. The van der Waals surface area contributed by atoms with E-state index >= 15 is 0 Å². The molecule has 0 aliphatic rings. The molecule has 2 aromatic carbocycles. The molecule has 0 unspecified atom stereocenters. The van der Waals surface area contributed by atoms with Crippen molar-refractivity contribution in [1.82, 2.24) is 10.2 Å². The zero-order chi connectivity index (χ0) is 20.8. The minimum atomic E-state index is -0.116. The molecule has 0 saturated carbocycles. The Labute approximate surface area is 175 Å². The van der Waals surface area contributed by atoms with Crippen LogP contribution in [0.15, 0.2) is 52.1 Å². The Morgan fingerprint density at radius 2 is 1.83 bits per heavy atom. The van der Waals surface area contributed by atoms with E-state index in [1.54, 1.807) is 0 Å². The number of thioether (sulfide) groups is 1. The molecule has 29 heavy (non-hydrogen) atoms. The van der Waals surface area contributed by atoms with Gasteiger partial charge in [0, 0.05) is 5.69 Å². The number of hydrogen-bond donors (Lipinski definition) is 1. The standard InChI is InChI=1S/C22H25N3O3S/c1-14(2)17-10-5-6-11-18(17)23-19(26)13-29-22-25-24-20(28-22)12-27-21-15(3)8-7-9-16(21)4/h5-11,14H,12-13H2,1-4H3,(H,23,26). The topological polar surface area (TPSA) is 77.2 Å². The maximum Gasteiger partial charge on any atom is 0.277 e. The van der Waals surface area contributed by atoms with Crippen LogP contribution in [0.25, 0.3) is 0 Å². The highest BCUT2D eigenvalue weighted by molar-refractivity contribution is 7.99. The number of anilines is 1. The summed E-state index contributed by atoms with van der Waals surface area (Å²) in [5.74, 6) is 1.60. The van der Waals surface area contributed by atoms with Gasteiger partial charge in [0.05, 0.1) is 5.75 Å². The zero-order valence-electron chi connectivity index (χ0n) is 17.1. The Balaban J connectivity index is 1.52. The first kappa shape index (κ1) is 20.9. The first-order valence-electron chi connectivity index (χ1n) is 9.47. The van der Waals surface area contributed by atoms with Gasteiger partial charge < -0.3 is 14.5 Å². The molecule has 152 valence electrons. The third-order valence-corrected chi connectivity index (χ3v) is 5.20. The molecule has 0 aliphatic carbocycles. The maximum atomic E-state index is 12.3. The van der Waals surface area contributed by atoms with Gasteiger partial charge in [-0.3, -0.25) is 4.79 Å². The largest absolute Gasteiger partial charge is 0.483 e. The van der Waals surface area contributed by atoms with Crippen molar-refractivity contribution in [1.29, 1.82) is 0 Å². The van der Waals surface area contributed by atoms with E-state index in [2.05, 4.69) is 29.4 Å². The van der Waals surface area contributed by atoms with Crippen molar-refractivity contribution >= 4 is 23.4 Å². The predicted octanol–water partition coefficient (Wildman–Crippen LogP) is 5.12. The van der Waals surface area contributed by atoms with Crippen LogP contribution >= 0.6 is 11.8 Å².